The Hall–Kier alpha value is -3.21. The van der Waals surface area contributed by atoms with E-state index in [2.05, 4.69) is 0 Å². The molecule has 0 N–H and O–H groups in total. The van der Waals surface area contributed by atoms with Gasteiger partial charge in [0.1, 0.15) is 12.4 Å². The average molecular weight is 490 g/mol. The van der Waals surface area contributed by atoms with Crippen molar-refractivity contribution in [2.75, 3.05) is 32.8 Å². The van der Waals surface area contributed by atoms with E-state index in [0.717, 1.165) is 29.0 Å². The van der Waals surface area contributed by atoms with Gasteiger partial charge in [0.05, 0.1) is 9.82 Å². The van der Waals surface area contributed by atoms with Crippen LogP contribution in [0.5, 0.6) is 5.75 Å². The molecule has 0 aliphatic carbocycles. The van der Waals surface area contributed by atoms with Gasteiger partial charge in [0.25, 0.3) is 5.69 Å². The number of carbonyl (C=O) groups is 1. The lowest BCUT2D eigenvalue weighted by atomic mass is 10.1. The summed E-state index contributed by atoms with van der Waals surface area (Å²) in [5, 5.41) is 11.4. The van der Waals surface area contributed by atoms with Crippen molar-refractivity contribution in [1.82, 2.24) is 9.21 Å². The first-order valence-electron chi connectivity index (χ1n) is 10.1. The second-order valence-corrected chi connectivity index (χ2v) is 9.88. The second-order valence-electron chi connectivity index (χ2n) is 7.50. The lowest BCUT2D eigenvalue weighted by Crippen LogP contribution is -2.50. The van der Waals surface area contributed by atoms with Gasteiger partial charge in [-0.15, -0.1) is 0 Å². The monoisotopic (exact) mass is 489 g/mol. The molecule has 2 aliphatic rings. The van der Waals surface area contributed by atoms with Crippen molar-refractivity contribution in [3.63, 3.8) is 0 Å². The Morgan fingerprint density at radius 2 is 1.79 bits per heavy atom. The van der Waals surface area contributed by atoms with Crippen LogP contribution in [0.25, 0.3) is 6.08 Å². The summed E-state index contributed by atoms with van der Waals surface area (Å²) in [6, 6.07) is 10.1. The number of hydrogen-bond acceptors (Lipinski definition) is 6. The van der Waals surface area contributed by atoms with Gasteiger partial charge in [0.15, 0.2) is 0 Å². The summed E-state index contributed by atoms with van der Waals surface area (Å²) in [5.74, 6) is 0.508. The van der Waals surface area contributed by atoms with Gasteiger partial charge in [-0.05, 0) is 42.0 Å². The summed E-state index contributed by atoms with van der Waals surface area (Å²) < 4.78 is 32.6. The standard InChI is InChI=1S/C22H20ClN3O6S/c23-18-2-7-21-17(14-18)13-16(15-32-21)1-8-22(27)24-9-11-25(12-10-24)33(30,31)20-5-3-19(4-6-20)26(28)29/h1-8,13-14H,9-12,15H2/b8-1+. The lowest BCUT2D eigenvalue weighted by Gasteiger charge is -2.33. The first kappa shape index (κ1) is 23.0. The van der Waals surface area contributed by atoms with E-state index in [1.165, 1.54) is 22.5 Å². The Morgan fingerprint density at radius 3 is 2.45 bits per heavy atom. The average Bonchev–Trinajstić information content (AvgIpc) is 2.82. The first-order chi connectivity index (χ1) is 15.7. The smallest absolute Gasteiger partial charge is 0.269 e. The van der Waals surface area contributed by atoms with Gasteiger partial charge in [0, 0.05) is 55.0 Å². The van der Waals surface area contributed by atoms with E-state index in [0.29, 0.717) is 11.6 Å². The van der Waals surface area contributed by atoms with E-state index in [4.69, 9.17) is 16.3 Å². The predicted octanol–water partition coefficient (Wildman–Crippen LogP) is 3.11. The van der Waals surface area contributed by atoms with E-state index in [9.17, 15) is 23.3 Å². The van der Waals surface area contributed by atoms with Crippen LogP contribution in [0.2, 0.25) is 5.02 Å². The fourth-order valence-corrected chi connectivity index (χ4v) is 5.19. The number of halogens is 1. The summed E-state index contributed by atoms with van der Waals surface area (Å²) in [4.78, 5) is 24.3. The van der Waals surface area contributed by atoms with Crippen molar-refractivity contribution in [1.29, 1.82) is 0 Å². The highest BCUT2D eigenvalue weighted by Crippen LogP contribution is 2.29. The fourth-order valence-electron chi connectivity index (χ4n) is 3.58. The number of sulfonamides is 1. The first-order valence-corrected chi connectivity index (χ1v) is 11.9. The maximum atomic E-state index is 12.8. The molecule has 0 spiro atoms. The van der Waals surface area contributed by atoms with E-state index in [1.54, 1.807) is 29.2 Å². The molecular weight excluding hydrogens is 470 g/mol. The van der Waals surface area contributed by atoms with Crippen molar-refractivity contribution < 1.29 is 22.9 Å². The third-order valence-electron chi connectivity index (χ3n) is 5.38. The van der Waals surface area contributed by atoms with Gasteiger partial charge in [-0.3, -0.25) is 14.9 Å². The van der Waals surface area contributed by atoms with Crippen LogP contribution >= 0.6 is 11.6 Å². The van der Waals surface area contributed by atoms with E-state index >= 15 is 0 Å². The Morgan fingerprint density at radius 1 is 1.09 bits per heavy atom. The summed E-state index contributed by atoms with van der Waals surface area (Å²) in [6.45, 7) is 1.08. The van der Waals surface area contributed by atoms with Crippen LogP contribution in [0.4, 0.5) is 5.69 Å². The summed E-state index contributed by atoms with van der Waals surface area (Å²) in [6.07, 6.45) is 5.04. The number of carbonyl (C=O) groups excluding carboxylic acids is 1. The molecule has 33 heavy (non-hydrogen) atoms. The molecule has 1 saturated heterocycles. The number of hydrogen-bond donors (Lipinski definition) is 0. The van der Waals surface area contributed by atoms with Crippen LogP contribution in [-0.2, 0) is 14.8 Å². The molecule has 0 bridgehead atoms. The van der Waals surface area contributed by atoms with Gasteiger partial charge in [0.2, 0.25) is 15.9 Å². The summed E-state index contributed by atoms with van der Waals surface area (Å²) >= 11 is 6.02. The highest BCUT2D eigenvalue weighted by molar-refractivity contribution is 7.89. The Bertz CT molecular complexity index is 1250. The third-order valence-corrected chi connectivity index (χ3v) is 7.53. The highest BCUT2D eigenvalue weighted by atomic mass is 35.5. The van der Waals surface area contributed by atoms with Crippen LogP contribution in [0, 0.1) is 10.1 Å². The number of piperazine rings is 1. The number of amides is 1. The quantitative estimate of drug-likeness (QED) is 0.362. The molecule has 0 aromatic heterocycles. The highest BCUT2D eigenvalue weighted by Gasteiger charge is 2.30. The molecule has 0 atom stereocenters. The number of fused-ring (bicyclic) bond motifs is 1. The van der Waals surface area contributed by atoms with E-state index in [1.807, 2.05) is 6.08 Å². The van der Waals surface area contributed by atoms with Crippen LogP contribution < -0.4 is 4.74 Å². The minimum absolute atomic E-state index is 0.0163. The zero-order chi connectivity index (χ0) is 23.6. The van der Waals surface area contributed by atoms with Crippen LogP contribution in [-0.4, -0.2) is 61.2 Å². The zero-order valence-corrected chi connectivity index (χ0v) is 19.0. The number of nitro benzene ring substituents is 1. The number of non-ortho nitro benzene ring substituents is 1. The molecule has 2 aromatic rings. The normalized spacial score (nSPS) is 16.8. The van der Waals surface area contributed by atoms with Gasteiger partial charge >= 0.3 is 0 Å². The van der Waals surface area contributed by atoms with Gasteiger partial charge < -0.3 is 9.64 Å². The minimum Gasteiger partial charge on any atom is -0.488 e. The summed E-state index contributed by atoms with van der Waals surface area (Å²) in [5.41, 5.74) is 1.48. The maximum Gasteiger partial charge on any atom is 0.269 e. The number of ether oxygens (including phenoxy) is 1. The zero-order valence-electron chi connectivity index (χ0n) is 17.4. The van der Waals surface area contributed by atoms with Gasteiger partial charge in [-0.1, -0.05) is 17.7 Å². The molecule has 0 saturated carbocycles. The minimum atomic E-state index is -3.80. The van der Waals surface area contributed by atoms with E-state index < -0.39 is 14.9 Å². The molecule has 0 unspecified atom stereocenters. The van der Waals surface area contributed by atoms with Crippen LogP contribution in [0.1, 0.15) is 5.56 Å². The number of nitro groups is 1. The number of nitrogens with zero attached hydrogens (tertiary/aromatic N) is 3. The van der Waals surface area contributed by atoms with Crippen molar-refractivity contribution in [2.24, 2.45) is 0 Å². The topological polar surface area (TPSA) is 110 Å². The molecule has 9 nitrogen and oxygen atoms in total. The van der Waals surface area contributed by atoms with Gasteiger partial charge in [-0.25, -0.2) is 8.42 Å². The molecule has 0 radical (unpaired) electrons. The predicted molar refractivity (Wildman–Crippen MR) is 122 cm³/mol. The van der Waals surface area contributed by atoms with Crippen LogP contribution in [0.15, 0.2) is 65.1 Å². The lowest BCUT2D eigenvalue weighted by molar-refractivity contribution is -0.384. The second kappa shape index (κ2) is 9.34. The largest absolute Gasteiger partial charge is 0.488 e. The van der Waals surface area contributed by atoms with Crippen LogP contribution in [0.3, 0.4) is 0 Å². The van der Waals surface area contributed by atoms with Crippen molar-refractivity contribution >= 4 is 39.3 Å². The van der Waals surface area contributed by atoms with Crippen molar-refractivity contribution in [2.45, 2.75) is 4.90 Å². The third kappa shape index (κ3) is 5.08. The molecule has 2 aliphatic heterocycles. The summed E-state index contributed by atoms with van der Waals surface area (Å²) in [7, 11) is -3.80. The SMILES string of the molecule is O=C(/C=C/C1=Cc2cc(Cl)ccc2OC1)N1CCN(S(=O)(=O)c2ccc([N+](=O)[O-])cc2)CC1. The van der Waals surface area contributed by atoms with Gasteiger partial charge in [-0.2, -0.15) is 4.31 Å². The molecule has 2 heterocycles. The Kier molecular flexibility index (Phi) is 6.50. The maximum absolute atomic E-state index is 12.8. The molecule has 1 amide bonds. The van der Waals surface area contributed by atoms with Crippen molar-refractivity contribution in [3.8, 4) is 5.75 Å². The Labute approximate surface area is 195 Å². The molecule has 11 heteroatoms. The number of benzene rings is 2. The fraction of sp³-hybridized carbons (Fsp3) is 0.227. The molecule has 4 rings (SSSR count). The van der Waals surface area contributed by atoms with E-state index in [-0.39, 0.29) is 42.7 Å². The van der Waals surface area contributed by atoms with Crippen molar-refractivity contribution in [3.05, 3.63) is 80.9 Å². The molecule has 172 valence electrons. The molecule has 2 aromatic carbocycles. The molecular formula is C22H20ClN3O6S. The Balaban J connectivity index is 1.36. The number of rotatable bonds is 5. The molecule has 1 fully saturated rings.